The van der Waals surface area contributed by atoms with Gasteiger partial charge in [-0.15, -0.1) is 0 Å². The van der Waals surface area contributed by atoms with Gasteiger partial charge in [0.1, 0.15) is 5.60 Å². The summed E-state index contributed by atoms with van der Waals surface area (Å²) in [6.07, 6.45) is 5.41. The summed E-state index contributed by atoms with van der Waals surface area (Å²) in [6.45, 7) is 8.76. The summed E-state index contributed by atoms with van der Waals surface area (Å²) in [5.41, 5.74) is -0.326. The average Bonchev–Trinajstić information content (AvgIpc) is 2.92. The molecule has 114 valence electrons. The molecule has 5 heteroatoms. The quantitative estimate of drug-likeness (QED) is 0.778. The van der Waals surface area contributed by atoms with Gasteiger partial charge in [0.25, 0.3) is 0 Å². The zero-order chi connectivity index (χ0) is 14.4. The molecule has 0 amide bonds. The van der Waals surface area contributed by atoms with Crippen LogP contribution in [0.15, 0.2) is 4.52 Å². The molecule has 1 aromatic rings. The fraction of sp³-hybridized carbons (Fsp3) is 0.867. The number of ether oxygens (including phenoxy) is 1. The molecule has 0 aromatic carbocycles. The lowest BCUT2D eigenvalue weighted by Crippen LogP contribution is -2.35. The predicted molar refractivity (Wildman–Crippen MR) is 77.2 cm³/mol. The highest BCUT2D eigenvalue weighted by molar-refractivity contribution is 5.04. The summed E-state index contributed by atoms with van der Waals surface area (Å²) in [4.78, 5) is 4.56. The molecule has 0 aliphatic heterocycles. The number of rotatable bonds is 7. The van der Waals surface area contributed by atoms with Gasteiger partial charge in [-0.2, -0.15) is 4.98 Å². The molecule has 5 nitrogen and oxygen atoms in total. The van der Waals surface area contributed by atoms with Crippen molar-refractivity contribution in [1.29, 1.82) is 0 Å². The van der Waals surface area contributed by atoms with Crippen molar-refractivity contribution in [3.63, 3.8) is 0 Å². The van der Waals surface area contributed by atoms with Gasteiger partial charge in [-0.1, -0.05) is 19.0 Å². The highest BCUT2D eigenvalue weighted by Crippen LogP contribution is 2.41. The van der Waals surface area contributed by atoms with Gasteiger partial charge in [-0.3, -0.25) is 0 Å². The highest BCUT2D eigenvalue weighted by atomic mass is 16.5. The van der Waals surface area contributed by atoms with Crippen molar-refractivity contribution in [3.8, 4) is 0 Å². The first-order valence-electron chi connectivity index (χ1n) is 7.88. The van der Waals surface area contributed by atoms with Crippen molar-refractivity contribution in [3.05, 3.63) is 11.7 Å². The largest absolute Gasteiger partial charge is 0.367 e. The first-order chi connectivity index (χ1) is 9.70. The Morgan fingerprint density at radius 2 is 2.10 bits per heavy atom. The van der Waals surface area contributed by atoms with Crippen LogP contribution < -0.4 is 5.32 Å². The van der Waals surface area contributed by atoms with E-state index in [9.17, 15) is 0 Å². The predicted octanol–water partition coefficient (Wildman–Crippen LogP) is 3.01. The second-order valence-electron chi connectivity index (χ2n) is 5.80. The van der Waals surface area contributed by atoms with Crippen LogP contribution in [0, 0.1) is 5.92 Å². The number of hydrogen-bond acceptors (Lipinski definition) is 5. The summed E-state index contributed by atoms with van der Waals surface area (Å²) >= 11 is 0. The van der Waals surface area contributed by atoms with E-state index in [4.69, 9.17) is 9.26 Å². The van der Waals surface area contributed by atoms with E-state index in [1.54, 1.807) is 0 Å². The van der Waals surface area contributed by atoms with Crippen LogP contribution in [-0.4, -0.2) is 23.3 Å². The molecule has 1 fully saturated rings. The first-order valence-corrected chi connectivity index (χ1v) is 7.88. The summed E-state index contributed by atoms with van der Waals surface area (Å²) in [7, 11) is 0. The maximum atomic E-state index is 6.04. The molecule has 1 aromatic heterocycles. The van der Waals surface area contributed by atoms with Gasteiger partial charge >= 0.3 is 0 Å². The van der Waals surface area contributed by atoms with Crippen molar-refractivity contribution in [2.24, 2.45) is 5.92 Å². The number of hydrogen-bond donors (Lipinski definition) is 1. The fourth-order valence-corrected chi connectivity index (χ4v) is 2.82. The Hall–Kier alpha value is -0.940. The van der Waals surface area contributed by atoms with E-state index in [1.807, 2.05) is 6.92 Å². The lowest BCUT2D eigenvalue weighted by Gasteiger charge is -2.36. The van der Waals surface area contributed by atoms with E-state index in [0.717, 1.165) is 50.4 Å². The smallest absolute Gasteiger partial charge is 0.240 e. The maximum absolute atomic E-state index is 6.04. The molecule has 1 aliphatic carbocycles. The van der Waals surface area contributed by atoms with Crippen LogP contribution in [0.2, 0.25) is 0 Å². The van der Waals surface area contributed by atoms with Crippen LogP contribution in [0.4, 0.5) is 0 Å². The molecule has 1 saturated carbocycles. The zero-order valence-electron chi connectivity index (χ0n) is 12.9. The molecule has 0 spiro atoms. The third kappa shape index (κ3) is 3.58. The molecule has 20 heavy (non-hydrogen) atoms. The Bertz CT molecular complexity index is 398. The van der Waals surface area contributed by atoms with E-state index in [0.29, 0.717) is 19.0 Å². The minimum Gasteiger partial charge on any atom is -0.367 e. The molecule has 0 unspecified atom stereocenters. The number of aromatic nitrogens is 2. The van der Waals surface area contributed by atoms with E-state index in [1.165, 1.54) is 0 Å². The second kappa shape index (κ2) is 7.18. The monoisotopic (exact) mass is 281 g/mol. The standard InChI is InChI=1S/C15H27N3O2/c1-4-10-16-11-13-17-14(18-20-13)15(19-5-2)8-6-12(3)7-9-15/h12,16H,4-11H2,1-3H3. The summed E-state index contributed by atoms with van der Waals surface area (Å²) in [6, 6.07) is 0. The highest BCUT2D eigenvalue weighted by Gasteiger charge is 2.40. The van der Waals surface area contributed by atoms with E-state index in [2.05, 4.69) is 29.3 Å². The molecule has 1 aliphatic rings. The molecule has 0 bridgehead atoms. The van der Waals surface area contributed by atoms with Crippen molar-refractivity contribution in [2.45, 2.75) is 65.0 Å². The van der Waals surface area contributed by atoms with Crippen LogP contribution in [0.1, 0.15) is 64.6 Å². The Balaban J connectivity index is 2.05. The van der Waals surface area contributed by atoms with Crippen LogP contribution in [-0.2, 0) is 16.9 Å². The fourth-order valence-electron chi connectivity index (χ4n) is 2.82. The zero-order valence-corrected chi connectivity index (χ0v) is 12.9. The minimum absolute atomic E-state index is 0.326. The Morgan fingerprint density at radius 1 is 1.35 bits per heavy atom. The summed E-state index contributed by atoms with van der Waals surface area (Å²) in [5.74, 6) is 2.16. The van der Waals surface area contributed by atoms with Crippen LogP contribution >= 0.6 is 0 Å². The lowest BCUT2D eigenvalue weighted by molar-refractivity contribution is -0.0847. The summed E-state index contributed by atoms with van der Waals surface area (Å²) in [5, 5.41) is 7.47. The van der Waals surface area contributed by atoms with Gasteiger partial charge in [-0.25, -0.2) is 0 Å². The molecule has 1 N–H and O–H groups in total. The van der Waals surface area contributed by atoms with Crippen molar-refractivity contribution in [2.75, 3.05) is 13.2 Å². The molecule has 2 rings (SSSR count). The molecular formula is C15H27N3O2. The van der Waals surface area contributed by atoms with Gasteiger partial charge in [0.15, 0.2) is 0 Å². The van der Waals surface area contributed by atoms with E-state index in [-0.39, 0.29) is 5.60 Å². The van der Waals surface area contributed by atoms with Crippen LogP contribution in [0.3, 0.4) is 0 Å². The maximum Gasteiger partial charge on any atom is 0.240 e. The molecule has 0 saturated heterocycles. The number of nitrogens with zero attached hydrogens (tertiary/aromatic N) is 2. The average molecular weight is 281 g/mol. The van der Waals surface area contributed by atoms with E-state index >= 15 is 0 Å². The van der Waals surface area contributed by atoms with Crippen molar-refractivity contribution >= 4 is 0 Å². The van der Waals surface area contributed by atoms with Gasteiger partial charge in [0.05, 0.1) is 6.54 Å². The Labute approximate surface area is 121 Å². The number of nitrogens with one attached hydrogen (secondary N) is 1. The third-order valence-electron chi connectivity index (χ3n) is 4.08. The Kier molecular flexibility index (Phi) is 5.54. The second-order valence-corrected chi connectivity index (χ2v) is 5.80. The molecular weight excluding hydrogens is 254 g/mol. The van der Waals surface area contributed by atoms with Crippen molar-refractivity contribution in [1.82, 2.24) is 15.5 Å². The van der Waals surface area contributed by atoms with Crippen LogP contribution in [0.25, 0.3) is 0 Å². The SMILES string of the molecule is CCCNCc1nc(C2(OCC)CCC(C)CC2)no1. The van der Waals surface area contributed by atoms with Gasteiger partial charge < -0.3 is 14.6 Å². The topological polar surface area (TPSA) is 60.2 Å². The van der Waals surface area contributed by atoms with E-state index < -0.39 is 0 Å². The molecule has 0 radical (unpaired) electrons. The molecule has 1 heterocycles. The Morgan fingerprint density at radius 3 is 2.75 bits per heavy atom. The van der Waals surface area contributed by atoms with Gasteiger partial charge in [0.2, 0.25) is 11.7 Å². The lowest BCUT2D eigenvalue weighted by atomic mass is 9.79. The summed E-state index contributed by atoms with van der Waals surface area (Å²) < 4.78 is 11.4. The van der Waals surface area contributed by atoms with Crippen LogP contribution in [0.5, 0.6) is 0 Å². The van der Waals surface area contributed by atoms with Gasteiger partial charge in [-0.05, 0) is 51.5 Å². The van der Waals surface area contributed by atoms with Crippen molar-refractivity contribution < 1.29 is 9.26 Å². The third-order valence-corrected chi connectivity index (χ3v) is 4.08. The minimum atomic E-state index is -0.326. The van der Waals surface area contributed by atoms with Gasteiger partial charge in [0, 0.05) is 6.61 Å². The first kappa shape index (κ1) is 15.4. The molecule has 0 atom stereocenters. The normalized spacial score (nSPS) is 26.9.